The number of carbonyl (C=O) groups excluding carboxylic acids is 1. The van der Waals surface area contributed by atoms with Gasteiger partial charge in [0.05, 0.1) is 18.8 Å². The Morgan fingerprint density at radius 2 is 2.14 bits per heavy atom. The number of hydrogen-bond donors (Lipinski definition) is 0. The number of aldehydes is 1. The minimum absolute atomic E-state index is 0.121. The van der Waals surface area contributed by atoms with E-state index in [1.54, 1.807) is 0 Å². The average molecular weight is 290 g/mol. The standard InChI is InChI=1S/C18H26O3/c1-14(18-15(2)12-17(21-18)8-10-19)9-11-20-13-16-6-4-3-5-7-16/h3-7,10,14-15,17-18H,8-9,11-13H2,1-2H3/t14-,15+,17+,18+/m0/s1. The summed E-state index contributed by atoms with van der Waals surface area (Å²) in [5.41, 5.74) is 1.21. The summed E-state index contributed by atoms with van der Waals surface area (Å²) < 4.78 is 11.8. The Morgan fingerprint density at radius 3 is 2.86 bits per heavy atom. The van der Waals surface area contributed by atoms with Gasteiger partial charge in [0, 0.05) is 13.0 Å². The van der Waals surface area contributed by atoms with E-state index in [0.717, 1.165) is 25.7 Å². The number of rotatable bonds is 8. The Morgan fingerprint density at radius 1 is 1.38 bits per heavy atom. The molecule has 3 nitrogen and oxygen atoms in total. The molecule has 1 fully saturated rings. The van der Waals surface area contributed by atoms with Gasteiger partial charge in [-0.05, 0) is 30.2 Å². The molecule has 1 aliphatic rings. The highest BCUT2D eigenvalue weighted by atomic mass is 16.5. The molecule has 0 bridgehead atoms. The van der Waals surface area contributed by atoms with Crippen LogP contribution in [0.3, 0.4) is 0 Å². The van der Waals surface area contributed by atoms with Crippen LogP contribution in [-0.4, -0.2) is 25.1 Å². The largest absolute Gasteiger partial charge is 0.377 e. The van der Waals surface area contributed by atoms with Crippen molar-refractivity contribution in [1.29, 1.82) is 0 Å². The number of benzene rings is 1. The Bertz CT molecular complexity index is 418. The van der Waals surface area contributed by atoms with Gasteiger partial charge >= 0.3 is 0 Å². The third-order valence-corrected chi connectivity index (χ3v) is 4.29. The van der Waals surface area contributed by atoms with Crippen molar-refractivity contribution >= 4 is 6.29 Å². The predicted molar refractivity (Wildman–Crippen MR) is 83.0 cm³/mol. The molecule has 0 aromatic heterocycles. The SMILES string of the molecule is C[C@@H]1C[C@@H](CC=O)O[C@@H]1[C@@H](C)CCOCc1ccccc1. The molecule has 0 N–H and O–H groups in total. The van der Waals surface area contributed by atoms with Crippen molar-refractivity contribution in [2.75, 3.05) is 6.61 Å². The first kappa shape index (κ1) is 16.2. The first-order valence-corrected chi connectivity index (χ1v) is 7.91. The Balaban J connectivity index is 1.67. The minimum atomic E-state index is 0.121. The first-order valence-electron chi connectivity index (χ1n) is 7.91. The lowest BCUT2D eigenvalue weighted by molar-refractivity contribution is -0.110. The highest BCUT2D eigenvalue weighted by molar-refractivity contribution is 5.50. The third-order valence-electron chi connectivity index (χ3n) is 4.29. The predicted octanol–water partition coefficient (Wildman–Crippen LogP) is 3.61. The van der Waals surface area contributed by atoms with Gasteiger partial charge < -0.3 is 14.3 Å². The molecule has 0 saturated carbocycles. The zero-order chi connectivity index (χ0) is 15.1. The van der Waals surface area contributed by atoms with Crippen LogP contribution in [0, 0.1) is 11.8 Å². The molecule has 21 heavy (non-hydrogen) atoms. The normalized spacial score (nSPS) is 26.7. The fraction of sp³-hybridized carbons (Fsp3) is 0.611. The van der Waals surface area contributed by atoms with Crippen LogP contribution in [0.2, 0.25) is 0 Å². The molecule has 2 rings (SSSR count). The summed E-state index contributed by atoms with van der Waals surface area (Å²) in [5.74, 6) is 0.992. The Labute approximate surface area is 127 Å². The number of carbonyl (C=O) groups is 1. The molecule has 0 aliphatic carbocycles. The van der Waals surface area contributed by atoms with Gasteiger partial charge in [-0.15, -0.1) is 0 Å². The maximum atomic E-state index is 10.6. The summed E-state index contributed by atoms with van der Waals surface area (Å²) in [6, 6.07) is 10.2. The molecule has 3 heteroatoms. The molecule has 116 valence electrons. The minimum Gasteiger partial charge on any atom is -0.377 e. The number of ether oxygens (including phenoxy) is 2. The summed E-state index contributed by atoms with van der Waals surface area (Å²) in [6.07, 6.45) is 3.87. The topological polar surface area (TPSA) is 35.5 Å². The molecule has 1 aromatic rings. The molecule has 0 amide bonds. The lowest BCUT2D eigenvalue weighted by atomic mass is 9.90. The van der Waals surface area contributed by atoms with Gasteiger partial charge in [0.15, 0.2) is 0 Å². The maximum absolute atomic E-state index is 10.6. The van der Waals surface area contributed by atoms with Crippen LogP contribution in [0.5, 0.6) is 0 Å². The van der Waals surface area contributed by atoms with Crippen LogP contribution in [-0.2, 0) is 20.9 Å². The average Bonchev–Trinajstić information content (AvgIpc) is 2.86. The van der Waals surface area contributed by atoms with Crippen LogP contribution < -0.4 is 0 Å². The van der Waals surface area contributed by atoms with Crippen molar-refractivity contribution < 1.29 is 14.3 Å². The van der Waals surface area contributed by atoms with Crippen LogP contribution in [0.1, 0.15) is 38.7 Å². The highest BCUT2D eigenvalue weighted by Crippen LogP contribution is 2.33. The Kier molecular flexibility index (Phi) is 6.40. The second kappa shape index (κ2) is 8.30. The van der Waals surface area contributed by atoms with Crippen molar-refractivity contribution in [3.05, 3.63) is 35.9 Å². The van der Waals surface area contributed by atoms with Crippen LogP contribution in [0.4, 0.5) is 0 Å². The first-order chi connectivity index (χ1) is 10.2. The van der Waals surface area contributed by atoms with Gasteiger partial charge in [-0.2, -0.15) is 0 Å². The molecule has 0 unspecified atom stereocenters. The van der Waals surface area contributed by atoms with Gasteiger partial charge in [0.2, 0.25) is 0 Å². The van der Waals surface area contributed by atoms with E-state index < -0.39 is 0 Å². The van der Waals surface area contributed by atoms with Gasteiger partial charge in [0.1, 0.15) is 6.29 Å². The third kappa shape index (κ3) is 4.94. The second-order valence-corrected chi connectivity index (χ2v) is 6.14. The highest BCUT2D eigenvalue weighted by Gasteiger charge is 2.34. The van der Waals surface area contributed by atoms with E-state index in [1.807, 2.05) is 18.2 Å². The van der Waals surface area contributed by atoms with E-state index >= 15 is 0 Å². The van der Waals surface area contributed by atoms with E-state index in [0.29, 0.717) is 24.9 Å². The van der Waals surface area contributed by atoms with Crippen molar-refractivity contribution in [1.82, 2.24) is 0 Å². The van der Waals surface area contributed by atoms with Crippen molar-refractivity contribution in [3.63, 3.8) is 0 Å². The molecule has 0 radical (unpaired) electrons. The second-order valence-electron chi connectivity index (χ2n) is 6.14. The molecule has 4 atom stereocenters. The summed E-state index contributed by atoms with van der Waals surface area (Å²) in [7, 11) is 0. The summed E-state index contributed by atoms with van der Waals surface area (Å²) >= 11 is 0. The van der Waals surface area contributed by atoms with Gasteiger partial charge in [-0.3, -0.25) is 0 Å². The van der Waals surface area contributed by atoms with Crippen molar-refractivity contribution in [2.45, 2.75) is 51.9 Å². The fourth-order valence-electron chi connectivity index (χ4n) is 3.11. The van der Waals surface area contributed by atoms with E-state index in [9.17, 15) is 4.79 Å². The Hall–Kier alpha value is -1.19. The van der Waals surface area contributed by atoms with Crippen LogP contribution in [0.25, 0.3) is 0 Å². The van der Waals surface area contributed by atoms with Gasteiger partial charge in [0.25, 0.3) is 0 Å². The quantitative estimate of drug-likeness (QED) is 0.542. The molecule has 1 heterocycles. The molecular weight excluding hydrogens is 264 g/mol. The summed E-state index contributed by atoms with van der Waals surface area (Å²) in [6.45, 7) is 5.86. The van der Waals surface area contributed by atoms with E-state index in [-0.39, 0.29) is 12.2 Å². The van der Waals surface area contributed by atoms with Crippen molar-refractivity contribution in [3.8, 4) is 0 Å². The monoisotopic (exact) mass is 290 g/mol. The molecular formula is C18H26O3. The van der Waals surface area contributed by atoms with E-state index in [2.05, 4.69) is 26.0 Å². The maximum Gasteiger partial charge on any atom is 0.122 e. The summed E-state index contributed by atoms with van der Waals surface area (Å²) in [5, 5.41) is 0. The van der Waals surface area contributed by atoms with Crippen LogP contribution >= 0.6 is 0 Å². The molecule has 1 aromatic carbocycles. The van der Waals surface area contributed by atoms with E-state index in [1.165, 1.54) is 5.56 Å². The summed E-state index contributed by atoms with van der Waals surface area (Å²) in [4.78, 5) is 10.6. The van der Waals surface area contributed by atoms with Crippen LogP contribution in [0.15, 0.2) is 30.3 Å². The lowest BCUT2D eigenvalue weighted by Gasteiger charge is -2.23. The van der Waals surface area contributed by atoms with Gasteiger partial charge in [-0.25, -0.2) is 0 Å². The van der Waals surface area contributed by atoms with Gasteiger partial charge in [-0.1, -0.05) is 44.2 Å². The lowest BCUT2D eigenvalue weighted by Crippen LogP contribution is -2.24. The molecule has 0 spiro atoms. The van der Waals surface area contributed by atoms with Crippen molar-refractivity contribution in [2.24, 2.45) is 11.8 Å². The smallest absolute Gasteiger partial charge is 0.122 e. The van der Waals surface area contributed by atoms with E-state index in [4.69, 9.17) is 9.47 Å². The zero-order valence-corrected chi connectivity index (χ0v) is 13.0. The molecule has 1 saturated heterocycles. The number of hydrogen-bond acceptors (Lipinski definition) is 3. The molecule has 1 aliphatic heterocycles. The fourth-order valence-corrected chi connectivity index (χ4v) is 3.11. The zero-order valence-electron chi connectivity index (χ0n) is 13.0.